The van der Waals surface area contributed by atoms with E-state index < -0.39 is 0 Å². The molecule has 0 amide bonds. The summed E-state index contributed by atoms with van der Waals surface area (Å²) in [5.41, 5.74) is 2.34. The molecule has 0 radical (unpaired) electrons. The van der Waals surface area contributed by atoms with Gasteiger partial charge in [0.1, 0.15) is 6.29 Å². The van der Waals surface area contributed by atoms with Gasteiger partial charge in [0.2, 0.25) is 0 Å². The summed E-state index contributed by atoms with van der Waals surface area (Å²) in [5.74, 6) is 0.0540. The number of ketones is 1. The maximum absolute atomic E-state index is 12.2. The Bertz CT molecular complexity index is 597. The highest BCUT2D eigenvalue weighted by molar-refractivity contribution is 5.96. The van der Waals surface area contributed by atoms with Crippen molar-refractivity contribution in [3.05, 3.63) is 83.9 Å². The molecule has 0 aromatic heterocycles. The zero-order valence-corrected chi connectivity index (χ0v) is 11.2. The standard InChI is InChI=1S/C18H16O2/c1-2-15(16-10-8-14(13-19)9-11-16)12-18(20)17-6-4-3-5-7-17/h2-11,13,15H,1,12H2/t15-/m0/s1. The van der Waals surface area contributed by atoms with E-state index >= 15 is 0 Å². The van der Waals surface area contributed by atoms with Crippen LogP contribution >= 0.6 is 0 Å². The molecule has 0 bridgehead atoms. The van der Waals surface area contributed by atoms with Gasteiger partial charge in [-0.1, -0.05) is 60.7 Å². The largest absolute Gasteiger partial charge is 0.298 e. The Balaban J connectivity index is 2.14. The topological polar surface area (TPSA) is 34.1 Å². The molecule has 0 saturated carbocycles. The lowest BCUT2D eigenvalue weighted by Crippen LogP contribution is -2.05. The third kappa shape index (κ3) is 3.29. The fourth-order valence-electron chi connectivity index (χ4n) is 2.10. The highest BCUT2D eigenvalue weighted by atomic mass is 16.1. The lowest BCUT2D eigenvalue weighted by molar-refractivity contribution is 0.0978. The fourth-order valence-corrected chi connectivity index (χ4v) is 2.10. The van der Waals surface area contributed by atoms with Crippen LogP contribution < -0.4 is 0 Å². The van der Waals surface area contributed by atoms with Gasteiger partial charge in [-0.2, -0.15) is 0 Å². The zero-order chi connectivity index (χ0) is 14.4. The van der Waals surface area contributed by atoms with Gasteiger partial charge in [0.05, 0.1) is 0 Å². The molecule has 0 aliphatic carbocycles. The van der Waals surface area contributed by atoms with E-state index in [1.807, 2.05) is 42.5 Å². The molecule has 100 valence electrons. The van der Waals surface area contributed by atoms with Gasteiger partial charge < -0.3 is 0 Å². The van der Waals surface area contributed by atoms with E-state index in [2.05, 4.69) is 6.58 Å². The minimum absolute atomic E-state index is 0.0385. The zero-order valence-electron chi connectivity index (χ0n) is 11.2. The van der Waals surface area contributed by atoms with Gasteiger partial charge in [-0.15, -0.1) is 6.58 Å². The van der Waals surface area contributed by atoms with Crippen LogP contribution in [0.15, 0.2) is 67.3 Å². The number of hydrogen-bond acceptors (Lipinski definition) is 2. The van der Waals surface area contributed by atoms with Crippen LogP contribution in [-0.4, -0.2) is 12.1 Å². The summed E-state index contributed by atoms with van der Waals surface area (Å²) in [6.45, 7) is 3.80. The van der Waals surface area contributed by atoms with E-state index in [9.17, 15) is 9.59 Å². The Morgan fingerprint density at radius 3 is 2.25 bits per heavy atom. The van der Waals surface area contributed by atoms with Crippen LogP contribution in [0.25, 0.3) is 0 Å². The monoisotopic (exact) mass is 264 g/mol. The molecule has 0 fully saturated rings. The van der Waals surface area contributed by atoms with E-state index in [0.717, 1.165) is 11.8 Å². The summed E-state index contributed by atoms with van der Waals surface area (Å²) in [6, 6.07) is 16.5. The number of benzene rings is 2. The quantitative estimate of drug-likeness (QED) is 0.448. The normalized spacial score (nSPS) is 11.6. The number of Topliss-reactive ketones (excluding diaryl/α,β-unsaturated/α-hetero) is 1. The van der Waals surface area contributed by atoms with Crippen molar-refractivity contribution in [2.45, 2.75) is 12.3 Å². The molecule has 0 spiro atoms. The highest BCUT2D eigenvalue weighted by Gasteiger charge is 2.14. The van der Waals surface area contributed by atoms with Crippen molar-refractivity contribution in [2.24, 2.45) is 0 Å². The second-order valence-corrected chi connectivity index (χ2v) is 4.62. The van der Waals surface area contributed by atoms with Crippen molar-refractivity contribution in [1.29, 1.82) is 0 Å². The van der Waals surface area contributed by atoms with E-state index in [-0.39, 0.29) is 11.7 Å². The molecule has 0 aliphatic rings. The van der Waals surface area contributed by atoms with Crippen molar-refractivity contribution in [3.8, 4) is 0 Å². The van der Waals surface area contributed by atoms with Gasteiger partial charge in [0.15, 0.2) is 5.78 Å². The number of rotatable bonds is 6. The number of allylic oxidation sites excluding steroid dienone is 1. The Morgan fingerprint density at radius 2 is 1.70 bits per heavy atom. The van der Waals surface area contributed by atoms with Crippen molar-refractivity contribution in [3.63, 3.8) is 0 Å². The van der Waals surface area contributed by atoms with Crippen LogP contribution in [0.2, 0.25) is 0 Å². The molecule has 2 aromatic carbocycles. The van der Waals surface area contributed by atoms with Crippen molar-refractivity contribution < 1.29 is 9.59 Å². The van der Waals surface area contributed by atoms with Crippen LogP contribution in [-0.2, 0) is 0 Å². The summed E-state index contributed by atoms with van der Waals surface area (Å²) in [5, 5.41) is 0. The molecule has 0 unspecified atom stereocenters. The van der Waals surface area contributed by atoms with E-state index in [1.54, 1.807) is 18.2 Å². The Morgan fingerprint density at radius 1 is 1.05 bits per heavy atom. The van der Waals surface area contributed by atoms with Gasteiger partial charge >= 0.3 is 0 Å². The van der Waals surface area contributed by atoms with Gasteiger partial charge in [-0.05, 0) is 5.56 Å². The predicted octanol–water partition coefficient (Wildman–Crippen LogP) is 4.04. The van der Waals surface area contributed by atoms with Gasteiger partial charge in [0.25, 0.3) is 0 Å². The van der Waals surface area contributed by atoms with Gasteiger partial charge in [-0.3, -0.25) is 9.59 Å². The molecular formula is C18H16O2. The Kier molecular flexibility index (Phi) is 4.61. The molecule has 0 heterocycles. The first-order valence-corrected chi connectivity index (χ1v) is 6.50. The number of carbonyl (C=O) groups is 2. The smallest absolute Gasteiger partial charge is 0.163 e. The Labute approximate surface area is 118 Å². The van der Waals surface area contributed by atoms with Crippen molar-refractivity contribution >= 4 is 12.1 Å². The number of aldehydes is 1. The highest BCUT2D eigenvalue weighted by Crippen LogP contribution is 2.23. The second kappa shape index (κ2) is 6.62. The average Bonchev–Trinajstić information content (AvgIpc) is 2.53. The molecular weight excluding hydrogens is 248 g/mol. The summed E-state index contributed by atoms with van der Waals surface area (Å²) < 4.78 is 0. The Hall–Kier alpha value is -2.48. The van der Waals surface area contributed by atoms with Gasteiger partial charge in [0, 0.05) is 23.5 Å². The van der Waals surface area contributed by atoms with Crippen LogP contribution in [0.3, 0.4) is 0 Å². The molecule has 0 aliphatic heterocycles. The first kappa shape index (κ1) is 13.9. The van der Waals surface area contributed by atoms with Crippen LogP contribution in [0.1, 0.15) is 38.6 Å². The second-order valence-electron chi connectivity index (χ2n) is 4.62. The minimum Gasteiger partial charge on any atom is -0.298 e. The van der Waals surface area contributed by atoms with E-state index in [4.69, 9.17) is 0 Å². The molecule has 2 heteroatoms. The molecule has 20 heavy (non-hydrogen) atoms. The predicted molar refractivity (Wildman–Crippen MR) is 80.2 cm³/mol. The fraction of sp³-hybridized carbons (Fsp3) is 0.111. The summed E-state index contributed by atoms with van der Waals surface area (Å²) in [6.07, 6.45) is 2.96. The van der Waals surface area contributed by atoms with Crippen LogP contribution in [0.5, 0.6) is 0 Å². The number of carbonyl (C=O) groups excluding carboxylic acids is 2. The van der Waals surface area contributed by atoms with Crippen LogP contribution in [0, 0.1) is 0 Å². The minimum atomic E-state index is -0.0385. The third-order valence-corrected chi connectivity index (χ3v) is 3.29. The molecule has 2 rings (SSSR count). The lowest BCUT2D eigenvalue weighted by atomic mass is 9.91. The van der Waals surface area contributed by atoms with E-state index in [1.165, 1.54) is 0 Å². The van der Waals surface area contributed by atoms with Gasteiger partial charge in [-0.25, -0.2) is 0 Å². The summed E-state index contributed by atoms with van der Waals surface area (Å²) in [4.78, 5) is 22.9. The molecule has 2 nitrogen and oxygen atoms in total. The summed E-state index contributed by atoms with van der Waals surface area (Å²) >= 11 is 0. The SMILES string of the molecule is C=C[C@@H](CC(=O)c1ccccc1)c1ccc(C=O)cc1. The van der Waals surface area contributed by atoms with Crippen LogP contribution in [0.4, 0.5) is 0 Å². The van der Waals surface area contributed by atoms with Crippen molar-refractivity contribution in [2.75, 3.05) is 0 Å². The average molecular weight is 264 g/mol. The third-order valence-electron chi connectivity index (χ3n) is 3.29. The molecule has 2 aromatic rings. The lowest BCUT2D eigenvalue weighted by Gasteiger charge is -2.12. The van der Waals surface area contributed by atoms with E-state index in [0.29, 0.717) is 17.5 Å². The summed E-state index contributed by atoms with van der Waals surface area (Å²) in [7, 11) is 0. The maximum Gasteiger partial charge on any atom is 0.163 e. The molecule has 0 N–H and O–H groups in total. The first-order chi connectivity index (χ1) is 9.74. The molecule has 1 atom stereocenters. The molecule has 0 saturated heterocycles. The maximum atomic E-state index is 12.2. The number of hydrogen-bond donors (Lipinski definition) is 0. The first-order valence-electron chi connectivity index (χ1n) is 6.50. The van der Waals surface area contributed by atoms with Crippen molar-refractivity contribution in [1.82, 2.24) is 0 Å².